The first-order valence-electron chi connectivity index (χ1n) is 3.34. The maximum atomic E-state index is 13.6. The van der Waals surface area contributed by atoms with E-state index < -0.39 is 5.67 Å². The third kappa shape index (κ3) is 1.13. The number of alkyl halides is 1. The van der Waals surface area contributed by atoms with Gasteiger partial charge in [0.05, 0.1) is 0 Å². The molecular formula is C7H7BrFNS. The van der Waals surface area contributed by atoms with E-state index in [1.54, 1.807) is 0 Å². The van der Waals surface area contributed by atoms with Gasteiger partial charge in [0, 0.05) is 28.5 Å². The molecule has 60 valence electrons. The van der Waals surface area contributed by atoms with Gasteiger partial charge in [-0.25, -0.2) is 4.39 Å². The Hall–Kier alpha value is 0.0700. The lowest BCUT2D eigenvalue weighted by Crippen LogP contribution is -2.53. The van der Waals surface area contributed by atoms with Gasteiger partial charge in [0.1, 0.15) is 0 Å². The average molecular weight is 236 g/mol. The molecule has 2 heterocycles. The molecule has 0 saturated carbocycles. The summed E-state index contributed by atoms with van der Waals surface area (Å²) in [6.07, 6.45) is 0. The molecule has 2 rings (SSSR count). The number of hydrogen-bond donors (Lipinski definition) is 1. The van der Waals surface area contributed by atoms with Gasteiger partial charge in [0.2, 0.25) is 0 Å². The first-order valence-corrected chi connectivity index (χ1v) is 5.08. The summed E-state index contributed by atoms with van der Waals surface area (Å²) in [4.78, 5) is 0. The highest BCUT2D eigenvalue weighted by atomic mass is 79.9. The van der Waals surface area contributed by atoms with Crippen molar-refractivity contribution in [3.8, 4) is 0 Å². The molecule has 0 bridgehead atoms. The molecule has 0 spiro atoms. The lowest BCUT2D eigenvalue weighted by atomic mass is 9.93. The van der Waals surface area contributed by atoms with Crippen LogP contribution in [0.1, 0.15) is 5.56 Å². The molecule has 0 aliphatic carbocycles. The van der Waals surface area contributed by atoms with Crippen LogP contribution in [0.3, 0.4) is 0 Å². The summed E-state index contributed by atoms with van der Waals surface area (Å²) in [5, 5.41) is 6.70. The second-order valence-electron chi connectivity index (χ2n) is 2.70. The van der Waals surface area contributed by atoms with Crippen molar-refractivity contribution in [3.05, 3.63) is 20.8 Å². The molecule has 1 aromatic heterocycles. The van der Waals surface area contributed by atoms with Crippen LogP contribution in [-0.2, 0) is 5.67 Å². The highest BCUT2D eigenvalue weighted by Crippen LogP contribution is 2.37. The fraction of sp³-hybridized carbons (Fsp3) is 0.429. The van der Waals surface area contributed by atoms with Gasteiger partial charge in [0.25, 0.3) is 0 Å². The van der Waals surface area contributed by atoms with E-state index in [0.29, 0.717) is 13.1 Å². The maximum absolute atomic E-state index is 13.6. The van der Waals surface area contributed by atoms with Crippen molar-refractivity contribution in [1.82, 2.24) is 5.32 Å². The van der Waals surface area contributed by atoms with E-state index in [9.17, 15) is 4.39 Å². The molecule has 0 atom stereocenters. The fourth-order valence-electron chi connectivity index (χ4n) is 1.14. The Morgan fingerprint density at radius 1 is 1.55 bits per heavy atom. The zero-order chi connectivity index (χ0) is 7.90. The summed E-state index contributed by atoms with van der Waals surface area (Å²) in [6, 6.07) is 0. The zero-order valence-corrected chi connectivity index (χ0v) is 8.14. The normalized spacial score (nSPS) is 21.3. The second-order valence-corrected chi connectivity index (χ2v) is 4.30. The van der Waals surface area contributed by atoms with Crippen LogP contribution >= 0.6 is 27.3 Å². The summed E-state index contributed by atoms with van der Waals surface area (Å²) in [5.74, 6) is 0. The van der Waals surface area contributed by atoms with Crippen molar-refractivity contribution in [2.24, 2.45) is 0 Å². The van der Waals surface area contributed by atoms with Crippen LogP contribution in [0.4, 0.5) is 4.39 Å². The molecular weight excluding hydrogens is 229 g/mol. The first kappa shape index (κ1) is 7.71. The van der Waals surface area contributed by atoms with Gasteiger partial charge in [-0.1, -0.05) is 0 Å². The van der Waals surface area contributed by atoms with E-state index in [0.717, 1.165) is 10.0 Å². The summed E-state index contributed by atoms with van der Waals surface area (Å²) in [5.41, 5.74) is -0.319. The van der Waals surface area contributed by atoms with Gasteiger partial charge >= 0.3 is 0 Å². The van der Waals surface area contributed by atoms with E-state index in [-0.39, 0.29) is 0 Å². The number of hydrogen-bond acceptors (Lipinski definition) is 2. The van der Waals surface area contributed by atoms with Crippen LogP contribution in [0.5, 0.6) is 0 Å². The third-order valence-electron chi connectivity index (χ3n) is 1.91. The minimum absolute atomic E-state index is 0.447. The molecule has 0 aromatic carbocycles. The molecule has 0 radical (unpaired) electrons. The minimum Gasteiger partial charge on any atom is -0.310 e. The lowest BCUT2D eigenvalue weighted by molar-refractivity contribution is 0.0889. The van der Waals surface area contributed by atoms with E-state index in [4.69, 9.17) is 0 Å². The van der Waals surface area contributed by atoms with Crippen LogP contribution in [0.25, 0.3) is 0 Å². The average Bonchev–Trinajstić information content (AvgIpc) is 2.30. The highest BCUT2D eigenvalue weighted by molar-refractivity contribution is 9.10. The standard InChI is InChI=1S/C7H7BrFNS/c8-6-2-11-1-5(6)7(9)3-10-4-7/h1-2,10H,3-4H2. The number of nitrogens with one attached hydrogen (secondary N) is 1. The molecule has 11 heavy (non-hydrogen) atoms. The maximum Gasteiger partial charge on any atom is 0.162 e. The molecule has 1 fully saturated rings. The van der Waals surface area contributed by atoms with E-state index in [1.807, 2.05) is 10.8 Å². The van der Waals surface area contributed by atoms with Crippen molar-refractivity contribution in [3.63, 3.8) is 0 Å². The van der Waals surface area contributed by atoms with Crippen molar-refractivity contribution >= 4 is 27.3 Å². The quantitative estimate of drug-likeness (QED) is 0.788. The van der Waals surface area contributed by atoms with Gasteiger partial charge in [-0.15, -0.1) is 0 Å². The Bertz CT molecular complexity index is 269. The lowest BCUT2D eigenvalue weighted by Gasteiger charge is -2.34. The summed E-state index contributed by atoms with van der Waals surface area (Å²) >= 11 is 4.85. The Labute approximate surface area is 76.7 Å². The Kier molecular flexibility index (Phi) is 1.78. The predicted molar refractivity (Wildman–Crippen MR) is 47.7 cm³/mol. The first-order chi connectivity index (χ1) is 5.22. The van der Waals surface area contributed by atoms with Gasteiger partial charge < -0.3 is 5.32 Å². The molecule has 0 amide bonds. The summed E-state index contributed by atoms with van der Waals surface area (Å²) in [6.45, 7) is 0.894. The van der Waals surface area contributed by atoms with Crippen molar-refractivity contribution in [2.75, 3.05) is 13.1 Å². The molecule has 0 unspecified atom stereocenters. The smallest absolute Gasteiger partial charge is 0.162 e. The van der Waals surface area contributed by atoms with Gasteiger partial charge in [-0.3, -0.25) is 0 Å². The predicted octanol–water partition coefficient (Wildman–Crippen LogP) is 2.28. The number of thiophene rings is 1. The molecule has 4 heteroatoms. The molecule has 1 aliphatic heterocycles. The highest BCUT2D eigenvalue weighted by Gasteiger charge is 2.40. The van der Waals surface area contributed by atoms with E-state index in [1.165, 1.54) is 11.3 Å². The Balaban J connectivity index is 2.35. The Morgan fingerprint density at radius 2 is 2.27 bits per heavy atom. The van der Waals surface area contributed by atoms with E-state index in [2.05, 4.69) is 21.2 Å². The van der Waals surface area contributed by atoms with Gasteiger partial charge in [-0.2, -0.15) is 11.3 Å². The third-order valence-corrected chi connectivity index (χ3v) is 3.61. The largest absolute Gasteiger partial charge is 0.310 e. The topological polar surface area (TPSA) is 12.0 Å². The van der Waals surface area contributed by atoms with Crippen LogP contribution in [0.2, 0.25) is 0 Å². The molecule has 1 aromatic rings. The SMILES string of the molecule is FC1(c2cscc2Br)CNC1. The van der Waals surface area contributed by atoms with Crippen LogP contribution in [-0.4, -0.2) is 13.1 Å². The molecule has 1 N–H and O–H groups in total. The second kappa shape index (κ2) is 2.54. The number of halogens is 2. The zero-order valence-electron chi connectivity index (χ0n) is 5.73. The van der Waals surface area contributed by atoms with Crippen molar-refractivity contribution in [1.29, 1.82) is 0 Å². The van der Waals surface area contributed by atoms with Crippen LogP contribution in [0.15, 0.2) is 15.2 Å². The number of rotatable bonds is 1. The van der Waals surface area contributed by atoms with Crippen molar-refractivity contribution in [2.45, 2.75) is 5.67 Å². The molecule has 1 aliphatic rings. The van der Waals surface area contributed by atoms with E-state index >= 15 is 0 Å². The van der Waals surface area contributed by atoms with Crippen LogP contribution in [0, 0.1) is 0 Å². The van der Waals surface area contributed by atoms with Crippen molar-refractivity contribution < 1.29 is 4.39 Å². The molecule has 1 saturated heterocycles. The molecule has 1 nitrogen and oxygen atoms in total. The van der Waals surface area contributed by atoms with Crippen LogP contribution < -0.4 is 5.32 Å². The monoisotopic (exact) mass is 235 g/mol. The fourth-order valence-corrected chi connectivity index (χ4v) is 2.87. The van der Waals surface area contributed by atoms with Gasteiger partial charge in [-0.05, 0) is 21.3 Å². The summed E-state index contributed by atoms with van der Waals surface area (Å²) < 4.78 is 14.5. The summed E-state index contributed by atoms with van der Waals surface area (Å²) in [7, 11) is 0. The minimum atomic E-state index is -1.11. The Morgan fingerprint density at radius 3 is 2.64 bits per heavy atom. The van der Waals surface area contributed by atoms with Gasteiger partial charge in [0.15, 0.2) is 5.67 Å².